The van der Waals surface area contributed by atoms with E-state index >= 15 is 0 Å². The van der Waals surface area contributed by atoms with Crippen LogP contribution in [0.15, 0.2) is 46.6 Å². The number of hydrogen-bond donors (Lipinski definition) is 0. The zero-order chi connectivity index (χ0) is 15.8. The van der Waals surface area contributed by atoms with E-state index < -0.39 is 0 Å². The monoisotopic (exact) mass is 345 g/mol. The number of amides is 1. The number of benzene rings is 1. The molecule has 2 aromatic rings. The number of carbonyl (C=O) groups excluding carboxylic acids is 1. The van der Waals surface area contributed by atoms with Gasteiger partial charge in [0, 0.05) is 11.9 Å². The van der Waals surface area contributed by atoms with Crippen LogP contribution in [0, 0.1) is 0 Å². The van der Waals surface area contributed by atoms with Crippen LogP contribution < -0.4 is 9.47 Å². The van der Waals surface area contributed by atoms with E-state index in [4.69, 9.17) is 26.1 Å². The standard InChI is InChI=1S/C16H11NO4S2/c18-15-12(6-10-3-4-13-14(7-10)21-9-20-13)16(22)23-17(15)8-11-2-1-5-19-11/h1-7H,8-9H2/b12-6-. The lowest BCUT2D eigenvalue weighted by atomic mass is 10.1. The van der Waals surface area contributed by atoms with E-state index in [0.29, 0.717) is 27.8 Å². The summed E-state index contributed by atoms with van der Waals surface area (Å²) in [5.74, 6) is 1.99. The Morgan fingerprint density at radius 3 is 2.96 bits per heavy atom. The van der Waals surface area contributed by atoms with Gasteiger partial charge in [-0.1, -0.05) is 18.3 Å². The molecule has 1 aromatic carbocycles. The third-order valence-electron chi connectivity index (χ3n) is 3.46. The Hall–Kier alpha value is -2.25. The summed E-state index contributed by atoms with van der Waals surface area (Å²) in [6.45, 7) is 0.606. The number of thiocarbonyl (C=S) groups is 1. The lowest BCUT2D eigenvalue weighted by Gasteiger charge is -2.10. The van der Waals surface area contributed by atoms with E-state index in [9.17, 15) is 4.79 Å². The molecular weight excluding hydrogens is 334 g/mol. The molecular formula is C16H11NO4S2. The first-order valence-electron chi connectivity index (χ1n) is 6.88. The van der Waals surface area contributed by atoms with Gasteiger partial charge in [-0.25, -0.2) is 0 Å². The highest BCUT2D eigenvalue weighted by Gasteiger charge is 2.32. The topological polar surface area (TPSA) is 51.9 Å². The van der Waals surface area contributed by atoms with Crippen molar-refractivity contribution in [1.29, 1.82) is 0 Å². The molecule has 0 atom stereocenters. The van der Waals surface area contributed by atoms with Gasteiger partial charge in [0.25, 0.3) is 5.91 Å². The second kappa shape index (κ2) is 5.75. The number of carbonyl (C=O) groups is 1. The average molecular weight is 345 g/mol. The van der Waals surface area contributed by atoms with Gasteiger partial charge in [0.15, 0.2) is 11.5 Å². The maximum absolute atomic E-state index is 12.5. The largest absolute Gasteiger partial charge is 0.467 e. The van der Waals surface area contributed by atoms with Crippen molar-refractivity contribution in [2.24, 2.45) is 0 Å². The maximum atomic E-state index is 12.5. The molecule has 5 nitrogen and oxygen atoms in total. The van der Waals surface area contributed by atoms with E-state index in [1.165, 1.54) is 11.9 Å². The van der Waals surface area contributed by atoms with Crippen LogP contribution in [0.2, 0.25) is 0 Å². The lowest BCUT2D eigenvalue weighted by molar-refractivity contribution is -0.121. The molecule has 0 spiro atoms. The first-order chi connectivity index (χ1) is 11.2. The van der Waals surface area contributed by atoms with Gasteiger partial charge in [-0.05, 0) is 35.9 Å². The van der Waals surface area contributed by atoms with Crippen molar-refractivity contribution in [3.05, 3.63) is 53.5 Å². The van der Waals surface area contributed by atoms with E-state index in [-0.39, 0.29) is 12.7 Å². The van der Waals surface area contributed by atoms with E-state index in [1.807, 2.05) is 24.3 Å². The van der Waals surface area contributed by atoms with Gasteiger partial charge in [-0.3, -0.25) is 9.10 Å². The van der Waals surface area contributed by atoms with Crippen molar-refractivity contribution in [1.82, 2.24) is 4.31 Å². The number of ether oxygens (including phenoxy) is 2. The van der Waals surface area contributed by atoms with Crippen LogP contribution in [-0.4, -0.2) is 21.2 Å². The summed E-state index contributed by atoms with van der Waals surface area (Å²) in [4.78, 5) is 12.5. The highest BCUT2D eigenvalue weighted by atomic mass is 32.2. The van der Waals surface area contributed by atoms with Gasteiger partial charge in [0.2, 0.25) is 6.79 Å². The zero-order valence-corrected chi connectivity index (χ0v) is 13.5. The Morgan fingerprint density at radius 1 is 1.26 bits per heavy atom. The molecule has 116 valence electrons. The molecule has 7 heteroatoms. The molecule has 2 aliphatic heterocycles. The molecule has 0 unspecified atom stereocenters. The van der Waals surface area contributed by atoms with Crippen LogP contribution in [0.3, 0.4) is 0 Å². The minimum absolute atomic E-state index is 0.117. The Bertz CT molecular complexity index is 813. The predicted molar refractivity (Wildman–Crippen MR) is 90.0 cm³/mol. The summed E-state index contributed by atoms with van der Waals surface area (Å²) < 4.78 is 18.1. The molecule has 0 radical (unpaired) electrons. The summed E-state index contributed by atoms with van der Waals surface area (Å²) in [6, 6.07) is 9.16. The molecule has 1 amide bonds. The van der Waals surface area contributed by atoms with Gasteiger partial charge >= 0.3 is 0 Å². The van der Waals surface area contributed by atoms with Gasteiger partial charge in [-0.2, -0.15) is 0 Å². The van der Waals surface area contributed by atoms with Crippen LogP contribution in [0.4, 0.5) is 0 Å². The summed E-state index contributed by atoms with van der Waals surface area (Å²) in [7, 11) is 0. The van der Waals surface area contributed by atoms with Crippen LogP contribution in [0.5, 0.6) is 11.5 Å². The Kier molecular flexibility index (Phi) is 3.59. The van der Waals surface area contributed by atoms with Crippen molar-refractivity contribution in [2.75, 3.05) is 6.79 Å². The molecule has 2 aliphatic rings. The lowest BCUT2D eigenvalue weighted by Crippen LogP contribution is -2.18. The van der Waals surface area contributed by atoms with Crippen LogP contribution in [0.1, 0.15) is 11.3 Å². The third-order valence-corrected chi connectivity index (χ3v) is 4.80. The van der Waals surface area contributed by atoms with Crippen LogP contribution in [-0.2, 0) is 11.3 Å². The molecule has 23 heavy (non-hydrogen) atoms. The minimum atomic E-state index is -0.117. The average Bonchev–Trinajstić information content (AvgIpc) is 3.25. The van der Waals surface area contributed by atoms with Crippen molar-refractivity contribution >= 4 is 40.3 Å². The normalized spacial score (nSPS) is 18.3. The fourth-order valence-electron chi connectivity index (χ4n) is 2.35. The van der Waals surface area contributed by atoms with E-state index in [1.54, 1.807) is 22.7 Å². The zero-order valence-electron chi connectivity index (χ0n) is 11.9. The van der Waals surface area contributed by atoms with Gasteiger partial charge < -0.3 is 13.9 Å². The molecule has 0 aliphatic carbocycles. The predicted octanol–water partition coefficient (Wildman–Crippen LogP) is 3.41. The molecule has 1 aromatic heterocycles. The second-order valence-electron chi connectivity index (χ2n) is 4.97. The molecule has 1 saturated heterocycles. The van der Waals surface area contributed by atoms with Gasteiger partial charge in [-0.15, -0.1) is 0 Å². The summed E-state index contributed by atoms with van der Waals surface area (Å²) in [5, 5.41) is 0. The molecule has 3 heterocycles. The smallest absolute Gasteiger partial charge is 0.266 e. The number of fused-ring (bicyclic) bond motifs is 1. The number of furan rings is 1. The Balaban J connectivity index is 1.58. The summed E-state index contributed by atoms with van der Waals surface area (Å²) in [6.07, 6.45) is 3.37. The van der Waals surface area contributed by atoms with Gasteiger partial charge in [0.1, 0.15) is 9.96 Å². The number of hydrogen-bond acceptors (Lipinski definition) is 6. The van der Waals surface area contributed by atoms with Crippen molar-refractivity contribution in [3.8, 4) is 11.5 Å². The quantitative estimate of drug-likeness (QED) is 0.483. The number of rotatable bonds is 3. The Labute approximate surface area is 142 Å². The molecule has 1 fully saturated rings. The fourth-order valence-corrected chi connectivity index (χ4v) is 3.58. The van der Waals surface area contributed by atoms with Crippen molar-refractivity contribution in [3.63, 3.8) is 0 Å². The molecule has 0 N–H and O–H groups in total. The number of nitrogens with zero attached hydrogens (tertiary/aromatic N) is 1. The van der Waals surface area contributed by atoms with Gasteiger partial charge in [0.05, 0.1) is 18.4 Å². The second-order valence-corrected chi connectivity index (χ2v) is 6.67. The maximum Gasteiger partial charge on any atom is 0.266 e. The SMILES string of the molecule is O=C1/C(=C/c2ccc3c(c2)OCO3)C(=S)SN1Cc1ccco1. The van der Waals surface area contributed by atoms with Crippen molar-refractivity contribution < 1.29 is 18.7 Å². The first-order valence-corrected chi connectivity index (χ1v) is 8.07. The molecule has 4 rings (SSSR count). The molecule has 0 saturated carbocycles. The van der Waals surface area contributed by atoms with Crippen molar-refractivity contribution in [2.45, 2.75) is 6.54 Å². The summed E-state index contributed by atoms with van der Waals surface area (Å²) in [5.41, 5.74) is 1.36. The molecule has 0 bridgehead atoms. The highest BCUT2D eigenvalue weighted by molar-refractivity contribution is 8.23. The highest BCUT2D eigenvalue weighted by Crippen LogP contribution is 2.36. The van der Waals surface area contributed by atoms with Crippen LogP contribution in [0.25, 0.3) is 6.08 Å². The fraction of sp³-hybridized carbons (Fsp3) is 0.125. The Morgan fingerprint density at radius 2 is 2.13 bits per heavy atom. The summed E-state index contributed by atoms with van der Waals surface area (Å²) >= 11 is 6.59. The van der Waals surface area contributed by atoms with E-state index in [2.05, 4.69) is 0 Å². The first kappa shape index (κ1) is 14.3. The van der Waals surface area contributed by atoms with E-state index in [0.717, 1.165) is 11.3 Å². The third kappa shape index (κ3) is 2.73. The minimum Gasteiger partial charge on any atom is -0.467 e. The van der Waals surface area contributed by atoms with Crippen LogP contribution >= 0.6 is 24.2 Å².